The molecule has 0 heterocycles. The maximum Gasteiger partial charge on any atom is 0.328 e. The fourth-order valence-corrected chi connectivity index (χ4v) is 2.37. The van der Waals surface area contributed by atoms with Crippen LogP contribution in [0.3, 0.4) is 0 Å². The van der Waals surface area contributed by atoms with Crippen LogP contribution in [0, 0.1) is 11.3 Å². The highest BCUT2D eigenvalue weighted by Gasteiger charge is 2.22. The molecule has 0 aliphatic carbocycles. The fraction of sp³-hybridized carbons (Fsp3) is 0.250. The number of carbonyl (C=O) groups is 2. The number of nitrogens with two attached hydrogens (primary N) is 1. The smallest absolute Gasteiger partial charge is 0.328 e. The van der Waals surface area contributed by atoms with E-state index >= 15 is 0 Å². The number of hydrogen-bond acceptors (Lipinski definition) is 5. The number of halogens is 1. The van der Waals surface area contributed by atoms with Gasteiger partial charge in [0.05, 0.1) is 17.7 Å². The molecule has 1 amide bonds. The van der Waals surface area contributed by atoms with E-state index in [0.717, 1.165) is 5.56 Å². The maximum absolute atomic E-state index is 12.2. The number of nitriles is 1. The SMILES string of the molecule is C[C@H](NC(=O)[C@H](N)Cc1ccccc1C#N)C(=O)OCc1ccccc1.Cl. The number of hydrogen-bond donors (Lipinski definition) is 2. The lowest BCUT2D eigenvalue weighted by Crippen LogP contribution is -2.48. The molecule has 0 unspecified atom stereocenters. The molecule has 0 radical (unpaired) electrons. The van der Waals surface area contributed by atoms with E-state index in [1.807, 2.05) is 30.3 Å². The first-order valence-electron chi connectivity index (χ1n) is 8.25. The van der Waals surface area contributed by atoms with Crippen molar-refractivity contribution in [3.63, 3.8) is 0 Å². The van der Waals surface area contributed by atoms with E-state index in [2.05, 4.69) is 11.4 Å². The third-order valence-electron chi connectivity index (χ3n) is 3.85. The molecule has 0 aromatic heterocycles. The molecule has 2 aromatic rings. The van der Waals surface area contributed by atoms with Crippen LogP contribution in [0.4, 0.5) is 0 Å². The Morgan fingerprint density at radius 1 is 1.15 bits per heavy atom. The topological polar surface area (TPSA) is 105 Å². The molecule has 2 atom stereocenters. The quantitative estimate of drug-likeness (QED) is 0.708. The van der Waals surface area contributed by atoms with Crippen LogP contribution in [-0.4, -0.2) is 24.0 Å². The van der Waals surface area contributed by atoms with Gasteiger partial charge in [-0.15, -0.1) is 12.4 Å². The molecule has 0 saturated carbocycles. The molecule has 0 aliphatic rings. The second-order valence-electron chi connectivity index (χ2n) is 5.90. The second kappa shape index (κ2) is 11.0. The van der Waals surface area contributed by atoms with Gasteiger partial charge in [-0.3, -0.25) is 4.79 Å². The third-order valence-corrected chi connectivity index (χ3v) is 3.85. The lowest BCUT2D eigenvalue weighted by Gasteiger charge is -2.17. The molecule has 7 heteroatoms. The minimum Gasteiger partial charge on any atom is -0.459 e. The average molecular weight is 388 g/mol. The van der Waals surface area contributed by atoms with Crippen molar-refractivity contribution < 1.29 is 14.3 Å². The molecular formula is C20H22ClN3O3. The second-order valence-corrected chi connectivity index (χ2v) is 5.90. The van der Waals surface area contributed by atoms with Crippen molar-refractivity contribution in [3.8, 4) is 6.07 Å². The summed E-state index contributed by atoms with van der Waals surface area (Å²) in [6, 6.07) is 16.6. The highest BCUT2D eigenvalue weighted by atomic mass is 35.5. The summed E-state index contributed by atoms with van der Waals surface area (Å²) >= 11 is 0. The summed E-state index contributed by atoms with van der Waals surface area (Å²) in [6.45, 7) is 1.68. The van der Waals surface area contributed by atoms with Gasteiger partial charge >= 0.3 is 5.97 Å². The van der Waals surface area contributed by atoms with Gasteiger partial charge in [0.25, 0.3) is 0 Å². The van der Waals surface area contributed by atoms with Crippen molar-refractivity contribution >= 4 is 24.3 Å². The molecule has 3 N–H and O–H groups in total. The zero-order valence-corrected chi connectivity index (χ0v) is 15.7. The molecule has 2 aromatic carbocycles. The molecule has 0 bridgehead atoms. The van der Waals surface area contributed by atoms with Crippen molar-refractivity contribution in [1.82, 2.24) is 5.32 Å². The van der Waals surface area contributed by atoms with Gasteiger partial charge in [-0.25, -0.2) is 4.79 Å². The van der Waals surface area contributed by atoms with Gasteiger partial charge in [-0.2, -0.15) is 5.26 Å². The Hall–Kier alpha value is -2.88. The van der Waals surface area contributed by atoms with Gasteiger partial charge in [-0.05, 0) is 30.5 Å². The molecule has 0 fully saturated rings. The van der Waals surface area contributed by atoms with E-state index in [1.54, 1.807) is 31.2 Å². The van der Waals surface area contributed by atoms with E-state index in [0.29, 0.717) is 11.1 Å². The van der Waals surface area contributed by atoms with Crippen LogP contribution in [0.1, 0.15) is 23.6 Å². The minimum absolute atomic E-state index is 0. The molecule has 6 nitrogen and oxygen atoms in total. The van der Waals surface area contributed by atoms with Gasteiger partial charge < -0.3 is 15.8 Å². The first-order chi connectivity index (χ1) is 12.5. The fourth-order valence-electron chi connectivity index (χ4n) is 2.37. The highest BCUT2D eigenvalue weighted by Crippen LogP contribution is 2.09. The van der Waals surface area contributed by atoms with Crippen molar-refractivity contribution in [2.45, 2.75) is 32.0 Å². The van der Waals surface area contributed by atoms with E-state index in [1.165, 1.54) is 0 Å². The Kier molecular flexibility index (Phi) is 9.00. The third kappa shape index (κ3) is 6.74. The Labute approximate surface area is 164 Å². The first-order valence-corrected chi connectivity index (χ1v) is 8.25. The Balaban J connectivity index is 0.00000364. The van der Waals surface area contributed by atoms with Gasteiger partial charge in [0.1, 0.15) is 12.6 Å². The molecule has 0 aliphatic heterocycles. The summed E-state index contributed by atoms with van der Waals surface area (Å²) in [5.74, 6) is -1.01. The minimum atomic E-state index is -0.867. The Bertz CT molecular complexity index is 806. The predicted octanol–water partition coefficient (Wildman–Crippen LogP) is 2.10. The predicted molar refractivity (Wildman–Crippen MR) is 104 cm³/mol. The van der Waals surface area contributed by atoms with Crippen LogP contribution in [0.2, 0.25) is 0 Å². The summed E-state index contributed by atoms with van der Waals surface area (Å²) < 4.78 is 5.19. The molecular weight excluding hydrogens is 366 g/mol. The number of carbonyl (C=O) groups excluding carboxylic acids is 2. The van der Waals surface area contributed by atoms with E-state index in [4.69, 9.17) is 15.7 Å². The van der Waals surface area contributed by atoms with Crippen LogP contribution in [-0.2, 0) is 27.4 Å². The van der Waals surface area contributed by atoms with Gasteiger partial charge in [0.2, 0.25) is 5.91 Å². The number of rotatable bonds is 7. The lowest BCUT2D eigenvalue weighted by atomic mass is 10.0. The molecule has 2 rings (SSSR count). The molecule has 27 heavy (non-hydrogen) atoms. The first kappa shape index (κ1) is 22.2. The van der Waals surface area contributed by atoms with Crippen molar-refractivity contribution in [2.75, 3.05) is 0 Å². The standard InChI is InChI=1S/C20H21N3O3.ClH/c1-14(20(25)26-13-15-7-3-2-4-8-15)23-19(24)18(22)11-16-9-5-6-10-17(16)12-21;/h2-10,14,18H,11,13,22H2,1H3,(H,23,24);1H/t14-,18+;/m0./s1. The highest BCUT2D eigenvalue weighted by molar-refractivity contribution is 5.87. The van der Waals surface area contributed by atoms with Crippen LogP contribution in [0.5, 0.6) is 0 Å². The van der Waals surface area contributed by atoms with E-state index in [-0.39, 0.29) is 25.4 Å². The summed E-state index contributed by atoms with van der Waals surface area (Å²) in [5.41, 5.74) is 7.95. The number of benzene rings is 2. The van der Waals surface area contributed by atoms with Crippen molar-refractivity contribution in [3.05, 3.63) is 71.3 Å². The monoisotopic (exact) mass is 387 g/mol. The zero-order valence-electron chi connectivity index (χ0n) is 14.9. The van der Waals surface area contributed by atoms with Crippen molar-refractivity contribution in [2.24, 2.45) is 5.73 Å². The maximum atomic E-state index is 12.2. The van der Waals surface area contributed by atoms with Gasteiger partial charge in [0.15, 0.2) is 0 Å². The Morgan fingerprint density at radius 3 is 2.44 bits per heavy atom. The lowest BCUT2D eigenvalue weighted by molar-refractivity contribution is -0.148. The summed E-state index contributed by atoms with van der Waals surface area (Å²) in [4.78, 5) is 24.2. The number of amides is 1. The molecule has 142 valence electrons. The number of esters is 1. The van der Waals surface area contributed by atoms with E-state index < -0.39 is 24.0 Å². The largest absolute Gasteiger partial charge is 0.459 e. The van der Waals surface area contributed by atoms with Crippen molar-refractivity contribution in [1.29, 1.82) is 5.26 Å². The van der Waals surface area contributed by atoms with Crippen LogP contribution in [0.15, 0.2) is 54.6 Å². The summed E-state index contributed by atoms with van der Waals surface area (Å²) in [7, 11) is 0. The number of nitrogens with one attached hydrogen (secondary N) is 1. The summed E-state index contributed by atoms with van der Waals surface area (Å²) in [5, 5.41) is 11.6. The summed E-state index contributed by atoms with van der Waals surface area (Å²) in [6.07, 6.45) is 0.210. The van der Waals surface area contributed by atoms with Crippen LogP contribution >= 0.6 is 12.4 Å². The van der Waals surface area contributed by atoms with Gasteiger partial charge in [-0.1, -0.05) is 48.5 Å². The number of nitrogens with zero attached hydrogens (tertiary/aromatic N) is 1. The average Bonchev–Trinajstić information content (AvgIpc) is 2.67. The molecule has 0 spiro atoms. The van der Waals surface area contributed by atoms with Gasteiger partial charge in [0, 0.05) is 0 Å². The van der Waals surface area contributed by atoms with Crippen LogP contribution < -0.4 is 11.1 Å². The Morgan fingerprint density at radius 2 is 1.78 bits per heavy atom. The zero-order chi connectivity index (χ0) is 18.9. The number of ether oxygens (including phenoxy) is 1. The van der Waals surface area contributed by atoms with E-state index in [9.17, 15) is 9.59 Å². The normalized spacial score (nSPS) is 12.0. The van der Waals surface area contributed by atoms with Crippen LogP contribution in [0.25, 0.3) is 0 Å². The molecule has 0 saturated heterocycles.